The Labute approximate surface area is 130 Å². The number of nitrogens with zero attached hydrogens (tertiary/aromatic N) is 1. The highest BCUT2D eigenvalue weighted by atomic mass is 32.2. The van der Waals surface area contributed by atoms with E-state index >= 15 is 0 Å². The molecule has 6 heteroatoms. The number of halogens is 1. The van der Waals surface area contributed by atoms with Crippen molar-refractivity contribution in [3.8, 4) is 0 Å². The van der Waals surface area contributed by atoms with Gasteiger partial charge in [0.25, 0.3) is 5.91 Å². The Hall–Kier alpha value is -1.92. The van der Waals surface area contributed by atoms with Gasteiger partial charge in [0.1, 0.15) is 17.3 Å². The van der Waals surface area contributed by atoms with Gasteiger partial charge in [0.15, 0.2) is 4.32 Å². The highest BCUT2D eigenvalue weighted by molar-refractivity contribution is 8.27. The maximum absolute atomic E-state index is 13.3. The summed E-state index contributed by atoms with van der Waals surface area (Å²) in [4.78, 5) is 14.2. The lowest BCUT2D eigenvalue weighted by Gasteiger charge is -2.14. The maximum Gasteiger partial charge on any atom is 0.270 e. The summed E-state index contributed by atoms with van der Waals surface area (Å²) in [6.45, 7) is 1.83. The van der Waals surface area contributed by atoms with Crippen molar-refractivity contribution >= 4 is 46.0 Å². The van der Waals surface area contributed by atoms with Gasteiger partial charge in [0, 0.05) is 6.08 Å². The predicted molar refractivity (Wildman–Crippen MR) is 85.5 cm³/mol. The van der Waals surface area contributed by atoms with Crippen molar-refractivity contribution in [2.75, 3.05) is 4.90 Å². The van der Waals surface area contributed by atoms with Crippen LogP contribution in [0.15, 0.2) is 45.7 Å². The van der Waals surface area contributed by atoms with Gasteiger partial charge in [-0.15, -0.1) is 0 Å². The van der Waals surface area contributed by atoms with E-state index in [0.717, 1.165) is 5.76 Å². The molecule has 1 aromatic carbocycles. The predicted octanol–water partition coefficient (Wildman–Crippen LogP) is 4.13. The van der Waals surface area contributed by atoms with Gasteiger partial charge in [-0.1, -0.05) is 30.0 Å². The van der Waals surface area contributed by atoms with E-state index in [1.54, 1.807) is 24.3 Å². The topological polar surface area (TPSA) is 33.5 Å². The quantitative estimate of drug-likeness (QED) is 0.615. The molecule has 2 heterocycles. The summed E-state index contributed by atoms with van der Waals surface area (Å²) < 4.78 is 19.1. The molecule has 0 bridgehead atoms. The minimum Gasteiger partial charge on any atom is -0.462 e. The van der Waals surface area contributed by atoms with Crippen LogP contribution in [0.1, 0.15) is 11.5 Å². The molecule has 0 N–H and O–H groups in total. The van der Waals surface area contributed by atoms with Crippen molar-refractivity contribution in [1.82, 2.24) is 0 Å². The van der Waals surface area contributed by atoms with Gasteiger partial charge in [-0.2, -0.15) is 0 Å². The Morgan fingerprint density at radius 2 is 2.14 bits per heavy atom. The molecule has 21 heavy (non-hydrogen) atoms. The van der Waals surface area contributed by atoms with Gasteiger partial charge in [0.05, 0.1) is 10.6 Å². The van der Waals surface area contributed by atoms with Gasteiger partial charge in [-0.25, -0.2) is 4.39 Å². The molecule has 0 unspecified atom stereocenters. The summed E-state index contributed by atoms with van der Waals surface area (Å²) in [7, 11) is 0. The third-order valence-corrected chi connectivity index (χ3v) is 4.20. The first-order valence-corrected chi connectivity index (χ1v) is 7.37. The second-order valence-corrected chi connectivity index (χ2v) is 6.12. The molecular formula is C15H10FNO2S2. The SMILES string of the molecule is Cc1ccc(/C=C2\SC(=S)N(c3cccc(F)c3)C2=O)o1. The number of thiocarbonyl (C=S) groups is 1. The van der Waals surface area contributed by atoms with Gasteiger partial charge < -0.3 is 4.42 Å². The molecular weight excluding hydrogens is 309 g/mol. The Morgan fingerprint density at radius 3 is 2.81 bits per heavy atom. The summed E-state index contributed by atoms with van der Waals surface area (Å²) in [5.41, 5.74) is 0.427. The lowest BCUT2D eigenvalue weighted by atomic mass is 10.2. The standard InChI is InChI=1S/C15H10FNO2S2/c1-9-5-6-12(19-9)8-13-14(18)17(15(20)21-13)11-4-2-3-10(16)7-11/h2-8H,1H3/b13-8-. The van der Waals surface area contributed by atoms with Crippen LogP contribution in [0.3, 0.4) is 0 Å². The van der Waals surface area contributed by atoms with Crippen molar-refractivity contribution in [3.63, 3.8) is 0 Å². The van der Waals surface area contributed by atoms with Crippen molar-refractivity contribution in [1.29, 1.82) is 0 Å². The molecule has 1 amide bonds. The summed E-state index contributed by atoms with van der Waals surface area (Å²) in [6.07, 6.45) is 1.64. The largest absolute Gasteiger partial charge is 0.462 e. The molecule has 2 aromatic rings. The van der Waals surface area contributed by atoms with Gasteiger partial charge in [-0.3, -0.25) is 9.69 Å². The molecule has 1 aliphatic heterocycles. The molecule has 0 spiro atoms. The van der Waals surface area contributed by atoms with Crippen molar-refractivity contribution in [2.45, 2.75) is 6.92 Å². The Bertz CT molecular complexity index is 767. The smallest absolute Gasteiger partial charge is 0.270 e. The van der Waals surface area contributed by atoms with E-state index in [4.69, 9.17) is 16.6 Å². The van der Waals surface area contributed by atoms with E-state index in [9.17, 15) is 9.18 Å². The lowest BCUT2D eigenvalue weighted by molar-refractivity contribution is -0.113. The molecule has 106 valence electrons. The summed E-state index contributed by atoms with van der Waals surface area (Å²) in [6, 6.07) is 9.40. The van der Waals surface area contributed by atoms with Crippen LogP contribution < -0.4 is 4.90 Å². The van der Waals surface area contributed by atoms with Crippen LogP contribution in [0, 0.1) is 12.7 Å². The number of rotatable bonds is 2. The number of carbonyl (C=O) groups excluding carboxylic acids is 1. The normalized spacial score (nSPS) is 17.0. The first-order chi connectivity index (χ1) is 10.0. The third kappa shape index (κ3) is 2.77. The van der Waals surface area contributed by atoms with Crippen molar-refractivity contribution in [3.05, 3.63) is 58.6 Å². The molecule has 3 rings (SSSR count). The molecule has 1 fully saturated rings. The van der Waals surface area contributed by atoms with Crippen molar-refractivity contribution < 1.29 is 13.6 Å². The number of hydrogen-bond acceptors (Lipinski definition) is 4. The maximum atomic E-state index is 13.3. The number of carbonyl (C=O) groups is 1. The fraction of sp³-hybridized carbons (Fsp3) is 0.0667. The van der Waals surface area contributed by atoms with E-state index in [0.29, 0.717) is 20.7 Å². The third-order valence-electron chi connectivity index (χ3n) is 2.89. The molecule has 3 nitrogen and oxygen atoms in total. The highest BCUT2D eigenvalue weighted by Gasteiger charge is 2.33. The monoisotopic (exact) mass is 319 g/mol. The number of benzene rings is 1. The number of aryl methyl sites for hydroxylation is 1. The molecule has 1 aliphatic rings. The first kappa shape index (κ1) is 14.0. The summed E-state index contributed by atoms with van der Waals surface area (Å²) in [5.74, 6) is 0.672. The summed E-state index contributed by atoms with van der Waals surface area (Å²) in [5, 5.41) is 0. The minimum atomic E-state index is -0.410. The molecule has 1 saturated heterocycles. The molecule has 0 aliphatic carbocycles. The zero-order valence-electron chi connectivity index (χ0n) is 11.0. The molecule has 0 radical (unpaired) electrons. The van der Waals surface area contributed by atoms with E-state index in [1.807, 2.05) is 13.0 Å². The zero-order chi connectivity index (χ0) is 15.0. The van der Waals surface area contributed by atoms with Gasteiger partial charge >= 0.3 is 0 Å². The molecule has 0 saturated carbocycles. The van der Waals surface area contributed by atoms with E-state index in [1.165, 1.54) is 28.8 Å². The number of furan rings is 1. The second kappa shape index (κ2) is 5.46. The fourth-order valence-electron chi connectivity index (χ4n) is 1.97. The van der Waals surface area contributed by atoms with E-state index in [2.05, 4.69) is 0 Å². The van der Waals surface area contributed by atoms with Crippen molar-refractivity contribution in [2.24, 2.45) is 0 Å². The van der Waals surface area contributed by atoms with Crippen LogP contribution >= 0.6 is 24.0 Å². The van der Waals surface area contributed by atoms with Crippen LogP contribution in [0.2, 0.25) is 0 Å². The van der Waals surface area contributed by atoms with Crippen LogP contribution in [-0.2, 0) is 4.79 Å². The van der Waals surface area contributed by atoms with Crippen LogP contribution in [0.25, 0.3) is 6.08 Å². The van der Waals surface area contributed by atoms with E-state index in [-0.39, 0.29) is 5.91 Å². The first-order valence-electron chi connectivity index (χ1n) is 6.14. The van der Waals surface area contributed by atoms with Crippen LogP contribution in [0.5, 0.6) is 0 Å². The Kier molecular flexibility index (Phi) is 3.65. The number of anilines is 1. The molecule has 0 atom stereocenters. The van der Waals surface area contributed by atoms with Gasteiger partial charge in [0.2, 0.25) is 0 Å². The van der Waals surface area contributed by atoms with Crippen LogP contribution in [-0.4, -0.2) is 10.2 Å². The highest BCUT2D eigenvalue weighted by Crippen LogP contribution is 2.36. The minimum absolute atomic E-state index is 0.273. The van der Waals surface area contributed by atoms with E-state index < -0.39 is 5.82 Å². The Balaban J connectivity index is 1.94. The average Bonchev–Trinajstić information content (AvgIpc) is 2.94. The number of amides is 1. The van der Waals surface area contributed by atoms with Crippen LogP contribution in [0.4, 0.5) is 10.1 Å². The Morgan fingerprint density at radius 1 is 1.33 bits per heavy atom. The zero-order valence-corrected chi connectivity index (χ0v) is 12.6. The fourth-order valence-corrected chi connectivity index (χ4v) is 3.24. The lowest BCUT2D eigenvalue weighted by Crippen LogP contribution is -2.27. The van der Waals surface area contributed by atoms with Gasteiger partial charge in [-0.05, 0) is 37.3 Å². The number of thioether (sulfide) groups is 1. The number of hydrogen-bond donors (Lipinski definition) is 0. The molecule has 1 aromatic heterocycles. The average molecular weight is 319 g/mol. The summed E-state index contributed by atoms with van der Waals surface area (Å²) >= 11 is 6.39. The second-order valence-electron chi connectivity index (χ2n) is 4.45.